The second-order valence-corrected chi connectivity index (χ2v) is 6.80. The van der Waals surface area contributed by atoms with Gasteiger partial charge in [-0.15, -0.1) is 0 Å². The molecule has 0 radical (unpaired) electrons. The van der Waals surface area contributed by atoms with Crippen LogP contribution in [0, 0.1) is 6.92 Å². The van der Waals surface area contributed by atoms with E-state index >= 15 is 0 Å². The fraction of sp³-hybridized carbons (Fsp3) is 0.500. The summed E-state index contributed by atoms with van der Waals surface area (Å²) in [6, 6.07) is 4.18. The molecule has 1 fully saturated rings. The molecular weight excluding hydrogens is 284 g/mol. The first kappa shape index (κ1) is 14.3. The number of rotatable bonds is 5. The minimum absolute atomic E-state index is 0.154. The van der Waals surface area contributed by atoms with E-state index in [-0.39, 0.29) is 11.9 Å². The number of thiophene rings is 1. The van der Waals surface area contributed by atoms with E-state index in [0.717, 1.165) is 30.7 Å². The molecule has 21 heavy (non-hydrogen) atoms. The standard InChI is InChI=1S/C16H20N2O2S/c1-11-8-14(20-17-11)16(5-6-16)15(19)18(3)12(2)9-13-4-7-21-10-13/h4,7-8,10,12H,5-6,9H2,1-3H3. The maximum atomic E-state index is 12.8. The van der Waals surface area contributed by atoms with Crippen molar-refractivity contribution in [3.63, 3.8) is 0 Å². The van der Waals surface area contributed by atoms with Gasteiger partial charge < -0.3 is 9.42 Å². The van der Waals surface area contributed by atoms with Gasteiger partial charge >= 0.3 is 0 Å². The zero-order valence-corrected chi connectivity index (χ0v) is 13.4. The van der Waals surface area contributed by atoms with Crippen LogP contribution < -0.4 is 0 Å². The quantitative estimate of drug-likeness (QED) is 0.852. The Bertz CT molecular complexity index is 629. The van der Waals surface area contributed by atoms with Crippen molar-refractivity contribution in [3.8, 4) is 0 Å². The van der Waals surface area contributed by atoms with Gasteiger partial charge in [-0.25, -0.2) is 0 Å². The van der Waals surface area contributed by atoms with Gasteiger partial charge in [0.2, 0.25) is 5.91 Å². The minimum Gasteiger partial charge on any atom is -0.360 e. The van der Waals surface area contributed by atoms with Crippen molar-refractivity contribution in [1.29, 1.82) is 0 Å². The predicted molar refractivity (Wildman–Crippen MR) is 82.4 cm³/mol. The fourth-order valence-electron chi connectivity index (χ4n) is 2.70. The smallest absolute Gasteiger partial charge is 0.236 e. The van der Waals surface area contributed by atoms with E-state index < -0.39 is 5.41 Å². The molecule has 2 aromatic heterocycles. The number of aryl methyl sites for hydroxylation is 1. The lowest BCUT2D eigenvalue weighted by atomic mass is 9.99. The van der Waals surface area contributed by atoms with E-state index in [9.17, 15) is 4.79 Å². The molecule has 2 heterocycles. The summed E-state index contributed by atoms with van der Waals surface area (Å²) in [5, 5.41) is 8.14. The average Bonchev–Trinajstić information content (AvgIpc) is 2.89. The summed E-state index contributed by atoms with van der Waals surface area (Å²) in [5.74, 6) is 0.876. The molecule has 1 atom stereocenters. The van der Waals surface area contributed by atoms with Crippen molar-refractivity contribution >= 4 is 17.2 Å². The van der Waals surface area contributed by atoms with Crippen LogP contribution >= 0.6 is 11.3 Å². The maximum Gasteiger partial charge on any atom is 0.236 e. The zero-order valence-electron chi connectivity index (χ0n) is 12.6. The first-order valence-corrected chi connectivity index (χ1v) is 8.19. The van der Waals surface area contributed by atoms with Crippen LogP contribution in [-0.4, -0.2) is 29.1 Å². The van der Waals surface area contributed by atoms with Crippen molar-refractivity contribution in [1.82, 2.24) is 10.1 Å². The molecule has 0 aromatic carbocycles. The van der Waals surface area contributed by atoms with E-state index in [1.807, 2.05) is 24.9 Å². The lowest BCUT2D eigenvalue weighted by Gasteiger charge is -2.28. The highest BCUT2D eigenvalue weighted by Crippen LogP contribution is 2.49. The number of likely N-dealkylation sites (N-methyl/N-ethyl adjacent to an activating group) is 1. The fourth-order valence-corrected chi connectivity index (χ4v) is 3.39. The Morgan fingerprint density at radius 1 is 1.57 bits per heavy atom. The second-order valence-electron chi connectivity index (χ2n) is 6.02. The van der Waals surface area contributed by atoms with E-state index in [4.69, 9.17) is 4.52 Å². The van der Waals surface area contributed by atoms with Crippen LogP contribution in [0.25, 0.3) is 0 Å². The third-order valence-electron chi connectivity index (χ3n) is 4.35. The summed E-state index contributed by atoms with van der Waals surface area (Å²) >= 11 is 1.69. The van der Waals surface area contributed by atoms with Gasteiger partial charge in [-0.05, 0) is 55.5 Å². The molecule has 1 unspecified atom stereocenters. The van der Waals surface area contributed by atoms with Crippen molar-refractivity contribution in [3.05, 3.63) is 39.9 Å². The number of carbonyl (C=O) groups is 1. The minimum atomic E-state index is -0.459. The van der Waals surface area contributed by atoms with Crippen LogP contribution in [0.2, 0.25) is 0 Å². The highest BCUT2D eigenvalue weighted by molar-refractivity contribution is 7.07. The van der Waals surface area contributed by atoms with Gasteiger partial charge in [0.1, 0.15) is 5.41 Å². The van der Waals surface area contributed by atoms with Crippen LogP contribution in [0.1, 0.15) is 36.8 Å². The van der Waals surface area contributed by atoms with Crippen LogP contribution in [0.15, 0.2) is 27.4 Å². The summed E-state index contributed by atoms with van der Waals surface area (Å²) < 4.78 is 5.35. The maximum absolute atomic E-state index is 12.8. The zero-order chi connectivity index (χ0) is 15.0. The van der Waals surface area contributed by atoms with Crippen LogP contribution in [0.5, 0.6) is 0 Å². The number of hydrogen-bond acceptors (Lipinski definition) is 4. The molecule has 3 rings (SSSR count). The molecule has 1 aliphatic carbocycles. The van der Waals surface area contributed by atoms with Gasteiger partial charge in [0.05, 0.1) is 5.69 Å². The molecule has 112 valence electrons. The monoisotopic (exact) mass is 304 g/mol. The Hall–Kier alpha value is -1.62. The Balaban J connectivity index is 1.72. The molecule has 0 saturated heterocycles. The number of carbonyl (C=O) groups excluding carboxylic acids is 1. The van der Waals surface area contributed by atoms with E-state index in [1.54, 1.807) is 11.3 Å². The SMILES string of the molecule is Cc1cc(C2(C(=O)N(C)C(C)Cc3ccsc3)CC2)on1. The third kappa shape index (κ3) is 2.62. The molecule has 4 nitrogen and oxygen atoms in total. The Kier molecular flexibility index (Phi) is 3.61. The molecule has 1 amide bonds. The molecular formula is C16H20N2O2S. The summed E-state index contributed by atoms with van der Waals surface area (Å²) in [4.78, 5) is 14.7. The summed E-state index contributed by atoms with van der Waals surface area (Å²) in [5.41, 5.74) is 1.66. The molecule has 0 bridgehead atoms. The summed E-state index contributed by atoms with van der Waals surface area (Å²) in [7, 11) is 1.89. The number of hydrogen-bond donors (Lipinski definition) is 0. The van der Waals surface area contributed by atoms with Crippen molar-refractivity contribution in [2.45, 2.75) is 44.6 Å². The van der Waals surface area contributed by atoms with E-state index in [2.05, 4.69) is 28.9 Å². The highest BCUT2D eigenvalue weighted by Gasteiger charge is 2.56. The lowest BCUT2D eigenvalue weighted by Crippen LogP contribution is -2.42. The van der Waals surface area contributed by atoms with Gasteiger partial charge in [0.15, 0.2) is 5.76 Å². The first-order chi connectivity index (χ1) is 10.0. The lowest BCUT2D eigenvalue weighted by molar-refractivity contribution is -0.135. The average molecular weight is 304 g/mol. The largest absolute Gasteiger partial charge is 0.360 e. The molecule has 1 saturated carbocycles. The Labute approximate surface area is 128 Å². The number of amides is 1. The van der Waals surface area contributed by atoms with Gasteiger partial charge in [0.25, 0.3) is 0 Å². The topological polar surface area (TPSA) is 46.3 Å². The Morgan fingerprint density at radius 3 is 2.86 bits per heavy atom. The number of aromatic nitrogens is 1. The molecule has 0 N–H and O–H groups in total. The van der Waals surface area contributed by atoms with E-state index in [0.29, 0.717) is 0 Å². The molecule has 1 aliphatic rings. The summed E-state index contributed by atoms with van der Waals surface area (Å²) in [6.45, 7) is 3.98. The predicted octanol–water partition coefficient (Wildman–Crippen LogP) is 3.17. The van der Waals surface area contributed by atoms with Gasteiger partial charge in [-0.1, -0.05) is 5.16 Å². The first-order valence-electron chi connectivity index (χ1n) is 7.25. The van der Waals surface area contributed by atoms with Gasteiger partial charge in [-0.3, -0.25) is 4.79 Å². The Morgan fingerprint density at radius 2 is 2.33 bits per heavy atom. The number of nitrogens with zero attached hydrogens (tertiary/aromatic N) is 2. The van der Waals surface area contributed by atoms with Crippen molar-refractivity contribution < 1.29 is 9.32 Å². The van der Waals surface area contributed by atoms with Crippen molar-refractivity contribution in [2.75, 3.05) is 7.05 Å². The normalized spacial score (nSPS) is 17.5. The van der Waals surface area contributed by atoms with Gasteiger partial charge in [0, 0.05) is 19.2 Å². The summed E-state index contributed by atoms with van der Waals surface area (Å²) in [6.07, 6.45) is 2.60. The van der Waals surface area contributed by atoms with Crippen LogP contribution in [0.4, 0.5) is 0 Å². The van der Waals surface area contributed by atoms with Crippen molar-refractivity contribution in [2.24, 2.45) is 0 Å². The highest BCUT2D eigenvalue weighted by atomic mass is 32.1. The van der Waals surface area contributed by atoms with Crippen LogP contribution in [0.3, 0.4) is 0 Å². The second kappa shape index (κ2) is 5.30. The third-order valence-corrected chi connectivity index (χ3v) is 5.08. The van der Waals surface area contributed by atoms with Gasteiger partial charge in [-0.2, -0.15) is 11.3 Å². The molecule has 0 aliphatic heterocycles. The molecule has 2 aromatic rings. The molecule has 5 heteroatoms. The molecule has 0 spiro atoms. The van der Waals surface area contributed by atoms with E-state index in [1.165, 1.54) is 5.56 Å². The van der Waals surface area contributed by atoms with Crippen LogP contribution in [-0.2, 0) is 16.6 Å².